The van der Waals surface area contributed by atoms with Crippen LogP contribution in [0.2, 0.25) is 0 Å². The zero-order chi connectivity index (χ0) is 15.1. The number of hydrogen-bond donors (Lipinski definition) is 2. The molecular formula is C12H17N3O5. The molecule has 2 N–H and O–H groups in total. The molecule has 110 valence electrons. The number of ether oxygens (including phenoxy) is 1. The summed E-state index contributed by atoms with van der Waals surface area (Å²) in [6.45, 7) is 1.90. The summed E-state index contributed by atoms with van der Waals surface area (Å²) in [7, 11) is 1.62. The summed E-state index contributed by atoms with van der Waals surface area (Å²) in [5, 5.41) is 11.4. The van der Waals surface area contributed by atoms with Gasteiger partial charge in [0.15, 0.2) is 0 Å². The highest BCUT2D eigenvalue weighted by atomic mass is 16.5. The zero-order valence-corrected chi connectivity index (χ0v) is 11.3. The van der Waals surface area contributed by atoms with Gasteiger partial charge < -0.3 is 19.7 Å². The number of nitrogens with zero attached hydrogens (tertiary/aromatic N) is 2. The number of carboxylic acid groups (broad SMARTS) is 1. The molecule has 0 saturated heterocycles. The molecule has 0 fully saturated rings. The van der Waals surface area contributed by atoms with Crippen LogP contribution in [0.15, 0.2) is 12.5 Å². The Balaban J connectivity index is 2.59. The minimum absolute atomic E-state index is 0.0300. The summed E-state index contributed by atoms with van der Waals surface area (Å²) >= 11 is 0. The molecule has 1 amide bonds. The van der Waals surface area contributed by atoms with E-state index in [1.807, 2.05) is 0 Å². The van der Waals surface area contributed by atoms with Gasteiger partial charge in [0.2, 0.25) is 0 Å². The molecule has 1 rings (SSSR count). The van der Waals surface area contributed by atoms with Crippen molar-refractivity contribution in [1.82, 2.24) is 14.9 Å². The van der Waals surface area contributed by atoms with Crippen LogP contribution in [0, 0.1) is 0 Å². The van der Waals surface area contributed by atoms with Gasteiger partial charge in [0.25, 0.3) is 5.91 Å². The molecule has 0 unspecified atom stereocenters. The number of carbonyl (C=O) groups is 3. The predicted octanol–water partition coefficient (Wildman–Crippen LogP) is -0.0536. The largest absolute Gasteiger partial charge is 0.480 e. The van der Waals surface area contributed by atoms with Crippen molar-refractivity contribution in [2.24, 2.45) is 7.05 Å². The zero-order valence-electron chi connectivity index (χ0n) is 11.3. The van der Waals surface area contributed by atoms with E-state index in [1.54, 1.807) is 14.0 Å². The molecule has 0 aromatic carbocycles. The number of aliphatic carboxylic acids is 1. The van der Waals surface area contributed by atoms with Crippen LogP contribution in [-0.4, -0.2) is 45.2 Å². The fourth-order valence-corrected chi connectivity index (χ4v) is 1.56. The first-order valence-electron chi connectivity index (χ1n) is 6.11. The number of rotatable bonds is 7. The quantitative estimate of drug-likeness (QED) is 0.679. The molecule has 0 saturated carbocycles. The first-order chi connectivity index (χ1) is 9.45. The molecule has 1 aromatic rings. The Morgan fingerprint density at radius 2 is 2.20 bits per heavy atom. The van der Waals surface area contributed by atoms with Crippen LogP contribution in [-0.2, 0) is 21.4 Å². The maximum Gasteiger partial charge on any atom is 0.326 e. The maximum absolute atomic E-state index is 11.9. The highest BCUT2D eigenvalue weighted by molar-refractivity contribution is 5.95. The lowest BCUT2D eigenvalue weighted by molar-refractivity contribution is -0.144. The van der Waals surface area contributed by atoms with Crippen molar-refractivity contribution in [3.8, 4) is 0 Å². The van der Waals surface area contributed by atoms with Crippen molar-refractivity contribution in [3.05, 3.63) is 18.2 Å². The summed E-state index contributed by atoms with van der Waals surface area (Å²) < 4.78 is 6.18. The molecule has 1 heterocycles. The van der Waals surface area contributed by atoms with Gasteiger partial charge in [0.1, 0.15) is 11.7 Å². The van der Waals surface area contributed by atoms with Gasteiger partial charge in [-0.05, 0) is 13.3 Å². The molecule has 20 heavy (non-hydrogen) atoms. The summed E-state index contributed by atoms with van der Waals surface area (Å²) in [4.78, 5) is 37.9. The van der Waals surface area contributed by atoms with Crippen LogP contribution in [0.3, 0.4) is 0 Å². The van der Waals surface area contributed by atoms with Gasteiger partial charge in [0.05, 0.1) is 19.1 Å². The lowest BCUT2D eigenvalue weighted by Crippen LogP contribution is -2.41. The van der Waals surface area contributed by atoms with E-state index in [-0.39, 0.29) is 25.1 Å². The van der Waals surface area contributed by atoms with Crippen LogP contribution in [0.5, 0.6) is 0 Å². The number of aromatic nitrogens is 2. The van der Waals surface area contributed by atoms with E-state index in [9.17, 15) is 14.4 Å². The smallest absolute Gasteiger partial charge is 0.326 e. The minimum Gasteiger partial charge on any atom is -0.480 e. The minimum atomic E-state index is -1.20. The van der Waals surface area contributed by atoms with E-state index in [0.29, 0.717) is 0 Å². The Labute approximate surface area is 115 Å². The van der Waals surface area contributed by atoms with E-state index < -0.39 is 23.9 Å². The monoisotopic (exact) mass is 283 g/mol. The molecule has 8 nitrogen and oxygen atoms in total. The highest BCUT2D eigenvalue weighted by Gasteiger charge is 2.23. The number of aryl methyl sites for hydroxylation is 1. The Kier molecular flexibility index (Phi) is 5.70. The predicted molar refractivity (Wildman–Crippen MR) is 68.0 cm³/mol. The molecule has 1 aromatic heterocycles. The van der Waals surface area contributed by atoms with Gasteiger partial charge in [-0.25, -0.2) is 9.78 Å². The molecule has 1 atom stereocenters. The normalized spacial score (nSPS) is 11.7. The molecule has 0 aliphatic carbocycles. The summed E-state index contributed by atoms with van der Waals surface area (Å²) in [6.07, 6.45) is 2.66. The standard InChI is InChI=1S/C12H17N3O5/c1-3-20-10(16)5-4-8(12(18)19)14-11(17)9-6-13-7-15(9)2/h6-8H,3-5H2,1-2H3,(H,14,17)(H,18,19)/t8-/m0/s1. The van der Waals surface area contributed by atoms with Gasteiger partial charge in [0, 0.05) is 13.5 Å². The molecule has 0 aliphatic rings. The Hall–Kier alpha value is -2.38. The van der Waals surface area contributed by atoms with E-state index in [0.717, 1.165) is 0 Å². The number of esters is 1. The van der Waals surface area contributed by atoms with Crippen molar-refractivity contribution in [1.29, 1.82) is 0 Å². The van der Waals surface area contributed by atoms with Gasteiger partial charge in [-0.3, -0.25) is 9.59 Å². The second kappa shape index (κ2) is 7.27. The van der Waals surface area contributed by atoms with E-state index in [4.69, 9.17) is 9.84 Å². The molecule has 0 spiro atoms. The topological polar surface area (TPSA) is 111 Å². The number of carboxylic acids is 1. The fourth-order valence-electron chi connectivity index (χ4n) is 1.56. The Bertz CT molecular complexity index is 497. The fraction of sp³-hybridized carbons (Fsp3) is 0.500. The third kappa shape index (κ3) is 4.38. The highest BCUT2D eigenvalue weighted by Crippen LogP contribution is 2.03. The van der Waals surface area contributed by atoms with Crippen molar-refractivity contribution in [2.45, 2.75) is 25.8 Å². The van der Waals surface area contributed by atoms with Crippen LogP contribution in [0.25, 0.3) is 0 Å². The number of carbonyl (C=O) groups excluding carboxylic acids is 2. The van der Waals surface area contributed by atoms with Crippen LogP contribution >= 0.6 is 0 Å². The SMILES string of the molecule is CCOC(=O)CC[C@H](NC(=O)c1cncn1C)C(=O)O. The van der Waals surface area contributed by atoms with Crippen LogP contribution < -0.4 is 5.32 Å². The van der Waals surface area contributed by atoms with Crippen LogP contribution in [0.4, 0.5) is 0 Å². The van der Waals surface area contributed by atoms with E-state index >= 15 is 0 Å². The second-order valence-electron chi connectivity index (χ2n) is 4.10. The first-order valence-corrected chi connectivity index (χ1v) is 6.11. The summed E-state index contributed by atoms with van der Waals surface area (Å²) in [6, 6.07) is -1.15. The number of imidazole rings is 1. The van der Waals surface area contributed by atoms with Gasteiger partial charge >= 0.3 is 11.9 Å². The second-order valence-corrected chi connectivity index (χ2v) is 4.10. The Morgan fingerprint density at radius 3 is 2.70 bits per heavy atom. The van der Waals surface area contributed by atoms with E-state index in [1.165, 1.54) is 17.1 Å². The Morgan fingerprint density at radius 1 is 1.50 bits per heavy atom. The molecule has 0 aliphatic heterocycles. The lowest BCUT2D eigenvalue weighted by atomic mass is 10.1. The van der Waals surface area contributed by atoms with Gasteiger partial charge in [-0.15, -0.1) is 0 Å². The van der Waals surface area contributed by atoms with Crippen molar-refractivity contribution >= 4 is 17.8 Å². The third-order valence-electron chi connectivity index (χ3n) is 2.60. The molecule has 8 heteroatoms. The van der Waals surface area contributed by atoms with Crippen molar-refractivity contribution in [2.75, 3.05) is 6.61 Å². The third-order valence-corrected chi connectivity index (χ3v) is 2.60. The van der Waals surface area contributed by atoms with Crippen molar-refractivity contribution < 1.29 is 24.2 Å². The average Bonchev–Trinajstić information content (AvgIpc) is 2.80. The molecular weight excluding hydrogens is 266 g/mol. The first kappa shape index (κ1) is 15.7. The maximum atomic E-state index is 11.9. The average molecular weight is 283 g/mol. The van der Waals surface area contributed by atoms with Crippen LogP contribution in [0.1, 0.15) is 30.3 Å². The number of hydrogen-bond acceptors (Lipinski definition) is 5. The van der Waals surface area contributed by atoms with E-state index in [2.05, 4.69) is 10.3 Å². The summed E-state index contributed by atoms with van der Waals surface area (Å²) in [5.41, 5.74) is 0.243. The number of amides is 1. The molecule has 0 radical (unpaired) electrons. The summed E-state index contributed by atoms with van der Waals surface area (Å²) in [5.74, 6) is -2.25. The number of nitrogens with one attached hydrogen (secondary N) is 1. The lowest BCUT2D eigenvalue weighted by Gasteiger charge is -2.14. The van der Waals surface area contributed by atoms with Gasteiger partial charge in [-0.2, -0.15) is 0 Å². The van der Waals surface area contributed by atoms with Gasteiger partial charge in [-0.1, -0.05) is 0 Å². The van der Waals surface area contributed by atoms with Crippen molar-refractivity contribution in [3.63, 3.8) is 0 Å². The molecule has 0 bridgehead atoms.